The van der Waals surface area contributed by atoms with E-state index in [4.69, 9.17) is 5.41 Å². The van der Waals surface area contributed by atoms with Crippen molar-refractivity contribution in [3.8, 4) is 0 Å². The zero-order valence-corrected chi connectivity index (χ0v) is 12.6. The van der Waals surface area contributed by atoms with Crippen LogP contribution in [0.5, 0.6) is 0 Å². The lowest BCUT2D eigenvalue weighted by Crippen LogP contribution is -2.33. The number of aliphatic hydroxyl groups is 1. The van der Waals surface area contributed by atoms with Crippen molar-refractivity contribution in [2.45, 2.75) is 13.0 Å². The zero-order valence-electron chi connectivity index (χ0n) is 12.6. The second kappa shape index (κ2) is 4.98. The Morgan fingerprint density at radius 2 is 1.78 bits per heavy atom. The van der Waals surface area contributed by atoms with Gasteiger partial charge in [-0.15, -0.1) is 0 Å². The maximum Gasteiger partial charge on any atom is 0.145 e. The van der Waals surface area contributed by atoms with E-state index in [0.29, 0.717) is 11.4 Å². The summed E-state index contributed by atoms with van der Waals surface area (Å²) < 4.78 is 0. The lowest BCUT2D eigenvalue weighted by molar-refractivity contribution is 0.384. The molecule has 3 N–H and O–H groups in total. The van der Waals surface area contributed by atoms with Crippen molar-refractivity contribution in [3.63, 3.8) is 0 Å². The van der Waals surface area contributed by atoms with Gasteiger partial charge in [-0.2, -0.15) is 0 Å². The van der Waals surface area contributed by atoms with Gasteiger partial charge in [0.05, 0.1) is 22.6 Å². The van der Waals surface area contributed by atoms with Crippen LogP contribution in [-0.4, -0.2) is 27.0 Å². The molecule has 1 aromatic heterocycles. The monoisotopic (exact) mass is 304 g/mol. The predicted molar refractivity (Wildman–Crippen MR) is 91.8 cm³/mol. The van der Waals surface area contributed by atoms with Crippen molar-refractivity contribution in [1.82, 2.24) is 9.97 Å². The van der Waals surface area contributed by atoms with Crippen LogP contribution in [-0.2, 0) is 0 Å². The molecule has 2 aromatic carbocycles. The third-order valence-electron chi connectivity index (χ3n) is 4.18. The minimum Gasteiger partial charge on any atom is -0.509 e. The van der Waals surface area contributed by atoms with Crippen molar-refractivity contribution >= 4 is 28.1 Å². The van der Waals surface area contributed by atoms with E-state index in [9.17, 15) is 5.11 Å². The SMILES string of the molecule is C[C@H]1C(O)=C(c2nc3ccccc3[nH]2)C(=N)N1c1ccccc1. The standard InChI is InChI=1S/C18H16N4O/c1-11-16(23)15(17(19)22(11)12-7-3-2-4-8-12)18-20-13-9-5-6-10-14(13)21-18/h2-11,19,23H,1H3,(H,20,21)/t11-/m0/s1. The molecule has 4 rings (SSSR count). The Kier molecular flexibility index (Phi) is 2.94. The highest BCUT2D eigenvalue weighted by molar-refractivity contribution is 6.30. The van der Waals surface area contributed by atoms with Crippen LogP contribution < -0.4 is 4.90 Å². The molecule has 1 atom stereocenters. The highest BCUT2D eigenvalue weighted by Gasteiger charge is 2.37. The molecule has 0 saturated carbocycles. The summed E-state index contributed by atoms with van der Waals surface area (Å²) in [5.74, 6) is 0.942. The minimum absolute atomic E-state index is 0.165. The molecule has 23 heavy (non-hydrogen) atoms. The molecular formula is C18H16N4O. The number of aliphatic hydroxyl groups excluding tert-OH is 1. The maximum absolute atomic E-state index is 10.6. The van der Waals surface area contributed by atoms with Gasteiger partial charge in [0.15, 0.2) is 0 Å². The molecule has 0 aliphatic carbocycles. The van der Waals surface area contributed by atoms with E-state index in [2.05, 4.69) is 9.97 Å². The molecule has 0 amide bonds. The van der Waals surface area contributed by atoms with Gasteiger partial charge in [-0.1, -0.05) is 30.3 Å². The number of H-pyrrole nitrogens is 1. The second-order valence-corrected chi connectivity index (χ2v) is 5.59. The van der Waals surface area contributed by atoms with Gasteiger partial charge in [-0.05, 0) is 31.2 Å². The molecule has 0 fully saturated rings. The van der Waals surface area contributed by atoms with E-state index < -0.39 is 0 Å². The Morgan fingerprint density at radius 3 is 2.52 bits per heavy atom. The molecule has 2 heterocycles. The van der Waals surface area contributed by atoms with Crippen LogP contribution in [0.25, 0.3) is 16.6 Å². The number of para-hydroxylation sites is 3. The number of hydrogen-bond donors (Lipinski definition) is 3. The number of hydrogen-bond acceptors (Lipinski definition) is 3. The number of rotatable bonds is 2. The first-order chi connectivity index (χ1) is 11.2. The van der Waals surface area contributed by atoms with Crippen molar-refractivity contribution in [3.05, 3.63) is 66.2 Å². The van der Waals surface area contributed by atoms with Crippen LogP contribution in [0, 0.1) is 5.41 Å². The van der Waals surface area contributed by atoms with E-state index in [1.165, 1.54) is 0 Å². The number of nitrogens with one attached hydrogen (secondary N) is 2. The van der Waals surface area contributed by atoms with Crippen LogP contribution in [0.15, 0.2) is 60.4 Å². The van der Waals surface area contributed by atoms with Gasteiger partial charge in [-0.3, -0.25) is 5.41 Å². The Labute approximate surface area is 133 Å². The van der Waals surface area contributed by atoms with Crippen molar-refractivity contribution < 1.29 is 5.11 Å². The van der Waals surface area contributed by atoms with Crippen molar-refractivity contribution in [2.24, 2.45) is 0 Å². The van der Waals surface area contributed by atoms with E-state index >= 15 is 0 Å². The van der Waals surface area contributed by atoms with Crippen LogP contribution in [0.2, 0.25) is 0 Å². The topological polar surface area (TPSA) is 76.0 Å². The summed E-state index contributed by atoms with van der Waals surface area (Å²) in [4.78, 5) is 9.52. The fraction of sp³-hybridized carbons (Fsp3) is 0.111. The summed E-state index contributed by atoms with van der Waals surface area (Å²) in [6.45, 7) is 1.88. The van der Waals surface area contributed by atoms with Crippen LogP contribution in [0.3, 0.4) is 0 Å². The largest absolute Gasteiger partial charge is 0.509 e. The lowest BCUT2D eigenvalue weighted by atomic mass is 10.2. The Morgan fingerprint density at radius 1 is 1.09 bits per heavy atom. The molecule has 0 saturated heterocycles. The first-order valence-electron chi connectivity index (χ1n) is 7.48. The lowest BCUT2D eigenvalue weighted by Gasteiger charge is -2.24. The summed E-state index contributed by atoms with van der Waals surface area (Å²) in [6.07, 6.45) is 0. The normalized spacial score (nSPS) is 18.2. The van der Waals surface area contributed by atoms with Gasteiger partial charge in [0.25, 0.3) is 0 Å². The maximum atomic E-state index is 10.6. The number of anilines is 1. The number of aromatic nitrogens is 2. The molecule has 0 bridgehead atoms. The van der Waals surface area contributed by atoms with Gasteiger partial charge in [0, 0.05) is 5.69 Å². The quantitative estimate of drug-likeness (QED) is 0.675. The molecular weight excluding hydrogens is 288 g/mol. The van der Waals surface area contributed by atoms with E-state index in [1.54, 1.807) is 4.90 Å². The smallest absolute Gasteiger partial charge is 0.145 e. The summed E-state index contributed by atoms with van der Waals surface area (Å²) in [5.41, 5.74) is 3.04. The van der Waals surface area contributed by atoms with Gasteiger partial charge in [0.2, 0.25) is 0 Å². The first kappa shape index (κ1) is 13.6. The molecule has 5 heteroatoms. The third kappa shape index (κ3) is 2.01. The molecule has 1 aliphatic heterocycles. The van der Waals surface area contributed by atoms with Gasteiger partial charge in [-0.25, -0.2) is 4.98 Å². The molecule has 5 nitrogen and oxygen atoms in total. The number of amidine groups is 1. The average Bonchev–Trinajstić information content (AvgIpc) is 3.07. The molecule has 0 radical (unpaired) electrons. The number of nitrogens with zero attached hydrogens (tertiary/aromatic N) is 2. The number of imidazole rings is 1. The molecule has 114 valence electrons. The number of fused-ring (bicyclic) bond motifs is 1. The molecule has 0 spiro atoms. The first-order valence-corrected chi connectivity index (χ1v) is 7.48. The highest BCUT2D eigenvalue weighted by atomic mass is 16.3. The number of benzene rings is 2. The predicted octanol–water partition coefficient (Wildman–Crippen LogP) is 3.72. The highest BCUT2D eigenvalue weighted by Crippen LogP contribution is 2.34. The summed E-state index contributed by atoms with van der Waals surface area (Å²) in [5, 5.41) is 19.1. The fourth-order valence-electron chi connectivity index (χ4n) is 3.01. The fourth-order valence-corrected chi connectivity index (χ4v) is 3.01. The summed E-state index contributed by atoms with van der Waals surface area (Å²) in [6, 6.07) is 17.0. The average molecular weight is 304 g/mol. The molecule has 3 aromatic rings. The van der Waals surface area contributed by atoms with Crippen molar-refractivity contribution in [2.75, 3.05) is 4.90 Å². The van der Waals surface area contributed by atoms with Crippen molar-refractivity contribution in [1.29, 1.82) is 5.41 Å². The van der Waals surface area contributed by atoms with E-state index in [1.807, 2.05) is 61.5 Å². The third-order valence-corrected chi connectivity index (χ3v) is 4.18. The van der Waals surface area contributed by atoms with Crippen LogP contribution in [0.4, 0.5) is 5.69 Å². The Hall–Kier alpha value is -3.08. The Balaban J connectivity index is 1.81. The van der Waals surface area contributed by atoms with Gasteiger partial charge >= 0.3 is 0 Å². The van der Waals surface area contributed by atoms with Crippen LogP contribution >= 0.6 is 0 Å². The minimum atomic E-state index is -0.298. The van der Waals surface area contributed by atoms with E-state index in [0.717, 1.165) is 16.7 Å². The van der Waals surface area contributed by atoms with Gasteiger partial charge < -0.3 is 15.0 Å². The zero-order chi connectivity index (χ0) is 16.0. The summed E-state index contributed by atoms with van der Waals surface area (Å²) in [7, 11) is 0. The summed E-state index contributed by atoms with van der Waals surface area (Å²) >= 11 is 0. The second-order valence-electron chi connectivity index (χ2n) is 5.59. The van der Waals surface area contributed by atoms with Gasteiger partial charge in [0.1, 0.15) is 17.4 Å². The Bertz CT molecular complexity index is 893. The van der Waals surface area contributed by atoms with E-state index in [-0.39, 0.29) is 17.6 Å². The molecule has 0 unspecified atom stereocenters. The molecule has 1 aliphatic rings. The number of aromatic amines is 1. The van der Waals surface area contributed by atoms with Crippen LogP contribution in [0.1, 0.15) is 12.7 Å².